The second-order valence-electron chi connectivity index (χ2n) is 4.02. The van der Waals surface area contributed by atoms with E-state index in [4.69, 9.17) is 4.42 Å². The van der Waals surface area contributed by atoms with Crippen LogP contribution in [-0.4, -0.2) is 6.04 Å². The molecule has 1 N–H and O–H groups in total. The van der Waals surface area contributed by atoms with Crippen molar-refractivity contribution < 1.29 is 4.42 Å². The second-order valence-corrected chi connectivity index (χ2v) is 4.02. The Morgan fingerprint density at radius 1 is 1.18 bits per heavy atom. The standard InChI is InChI=1S/C15H17NO/c1-13(16-12-15-8-5-11-17-15)9-10-14-6-3-2-4-7-14/h2-11,13,16H,12H2,1H3/b10-9+. The number of rotatable bonds is 5. The van der Waals surface area contributed by atoms with Crippen molar-refractivity contribution in [3.05, 3.63) is 66.1 Å². The van der Waals surface area contributed by atoms with Gasteiger partial charge in [0.1, 0.15) is 5.76 Å². The van der Waals surface area contributed by atoms with E-state index < -0.39 is 0 Å². The van der Waals surface area contributed by atoms with E-state index in [2.05, 4.69) is 36.5 Å². The summed E-state index contributed by atoms with van der Waals surface area (Å²) in [6, 6.07) is 14.5. The van der Waals surface area contributed by atoms with E-state index >= 15 is 0 Å². The number of hydrogen-bond donors (Lipinski definition) is 1. The maximum atomic E-state index is 5.26. The molecule has 0 aliphatic carbocycles. The van der Waals surface area contributed by atoms with Crippen LogP contribution in [0.2, 0.25) is 0 Å². The van der Waals surface area contributed by atoms with E-state index in [0.29, 0.717) is 6.04 Å². The Hall–Kier alpha value is -1.80. The Balaban J connectivity index is 1.81. The van der Waals surface area contributed by atoms with Crippen molar-refractivity contribution in [1.82, 2.24) is 5.32 Å². The number of benzene rings is 1. The fourth-order valence-corrected chi connectivity index (χ4v) is 1.56. The summed E-state index contributed by atoms with van der Waals surface area (Å²) in [5, 5.41) is 3.37. The molecule has 1 unspecified atom stereocenters. The number of hydrogen-bond acceptors (Lipinski definition) is 2. The third-order valence-corrected chi connectivity index (χ3v) is 2.56. The molecule has 2 heteroatoms. The normalized spacial score (nSPS) is 13.0. The molecule has 2 nitrogen and oxygen atoms in total. The zero-order valence-electron chi connectivity index (χ0n) is 9.97. The smallest absolute Gasteiger partial charge is 0.117 e. The van der Waals surface area contributed by atoms with Crippen molar-refractivity contribution in [2.45, 2.75) is 19.5 Å². The Bertz CT molecular complexity index is 445. The first-order chi connectivity index (χ1) is 8.34. The van der Waals surface area contributed by atoms with Gasteiger partial charge < -0.3 is 9.73 Å². The van der Waals surface area contributed by atoms with Gasteiger partial charge in [0, 0.05) is 6.04 Å². The molecule has 0 spiro atoms. The van der Waals surface area contributed by atoms with Gasteiger partial charge in [-0.15, -0.1) is 0 Å². The second kappa shape index (κ2) is 6.06. The predicted molar refractivity (Wildman–Crippen MR) is 70.5 cm³/mol. The van der Waals surface area contributed by atoms with Crippen LogP contribution < -0.4 is 5.32 Å². The van der Waals surface area contributed by atoms with Crippen LogP contribution in [0.3, 0.4) is 0 Å². The lowest BCUT2D eigenvalue weighted by Gasteiger charge is -2.07. The minimum absolute atomic E-state index is 0.320. The fourth-order valence-electron chi connectivity index (χ4n) is 1.56. The molecule has 0 saturated carbocycles. The summed E-state index contributed by atoms with van der Waals surface area (Å²) in [7, 11) is 0. The quantitative estimate of drug-likeness (QED) is 0.846. The minimum Gasteiger partial charge on any atom is -0.468 e. The molecule has 0 aliphatic rings. The van der Waals surface area contributed by atoms with Crippen molar-refractivity contribution in [2.75, 3.05) is 0 Å². The van der Waals surface area contributed by atoms with Gasteiger partial charge in [-0.25, -0.2) is 0 Å². The first kappa shape index (κ1) is 11.7. The average Bonchev–Trinajstić information content (AvgIpc) is 2.88. The van der Waals surface area contributed by atoms with Crippen LogP contribution in [0.4, 0.5) is 0 Å². The molecule has 2 rings (SSSR count). The SMILES string of the molecule is CC(/C=C/c1ccccc1)NCc1ccco1. The largest absolute Gasteiger partial charge is 0.468 e. The Morgan fingerprint density at radius 2 is 2.00 bits per heavy atom. The maximum absolute atomic E-state index is 5.26. The van der Waals surface area contributed by atoms with Crippen molar-refractivity contribution >= 4 is 6.08 Å². The van der Waals surface area contributed by atoms with Crippen LogP contribution in [0.1, 0.15) is 18.2 Å². The summed E-state index contributed by atoms with van der Waals surface area (Å²) >= 11 is 0. The molecule has 0 saturated heterocycles. The van der Waals surface area contributed by atoms with Crippen molar-refractivity contribution in [3.63, 3.8) is 0 Å². The summed E-state index contributed by atoms with van der Waals surface area (Å²) in [5.41, 5.74) is 1.22. The molecule has 0 fully saturated rings. The summed E-state index contributed by atoms with van der Waals surface area (Å²) in [6.07, 6.45) is 5.97. The van der Waals surface area contributed by atoms with Gasteiger partial charge in [-0.3, -0.25) is 0 Å². The molecule has 1 atom stereocenters. The molecule has 1 aromatic carbocycles. The number of furan rings is 1. The molecule has 2 aromatic rings. The van der Waals surface area contributed by atoms with Crippen molar-refractivity contribution in [1.29, 1.82) is 0 Å². The van der Waals surface area contributed by atoms with Gasteiger partial charge in [0.25, 0.3) is 0 Å². The summed E-state index contributed by atoms with van der Waals surface area (Å²) < 4.78 is 5.26. The molecular formula is C15H17NO. The highest BCUT2D eigenvalue weighted by atomic mass is 16.3. The van der Waals surface area contributed by atoms with Gasteiger partial charge >= 0.3 is 0 Å². The van der Waals surface area contributed by atoms with Crippen LogP contribution in [0, 0.1) is 0 Å². The summed E-state index contributed by atoms with van der Waals surface area (Å²) in [4.78, 5) is 0. The third-order valence-electron chi connectivity index (χ3n) is 2.56. The first-order valence-electron chi connectivity index (χ1n) is 5.83. The molecule has 0 radical (unpaired) electrons. The van der Waals surface area contributed by atoms with Gasteiger partial charge in [0.15, 0.2) is 0 Å². The van der Waals surface area contributed by atoms with Crippen LogP contribution in [0.5, 0.6) is 0 Å². The lowest BCUT2D eigenvalue weighted by atomic mass is 10.2. The fraction of sp³-hybridized carbons (Fsp3) is 0.200. The lowest BCUT2D eigenvalue weighted by molar-refractivity contribution is 0.474. The van der Waals surface area contributed by atoms with Crippen LogP contribution >= 0.6 is 0 Å². The summed E-state index contributed by atoms with van der Waals surface area (Å²) in [5.74, 6) is 0.963. The van der Waals surface area contributed by atoms with E-state index in [-0.39, 0.29) is 0 Å². The molecule has 1 heterocycles. The minimum atomic E-state index is 0.320. The van der Waals surface area contributed by atoms with Gasteiger partial charge in [-0.05, 0) is 24.6 Å². The topological polar surface area (TPSA) is 25.2 Å². The van der Waals surface area contributed by atoms with Crippen molar-refractivity contribution in [2.24, 2.45) is 0 Å². The van der Waals surface area contributed by atoms with Gasteiger partial charge in [0.05, 0.1) is 12.8 Å². The third kappa shape index (κ3) is 3.93. The molecule has 88 valence electrons. The lowest BCUT2D eigenvalue weighted by Crippen LogP contribution is -2.22. The Labute approximate surface area is 102 Å². The van der Waals surface area contributed by atoms with Crippen LogP contribution in [0.25, 0.3) is 6.08 Å². The zero-order chi connectivity index (χ0) is 11.9. The monoisotopic (exact) mass is 227 g/mol. The van der Waals surface area contributed by atoms with E-state index in [0.717, 1.165) is 12.3 Å². The molecular weight excluding hydrogens is 210 g/mol. The summed E-state index contributed by atoms with van der Waals surface area (Å²) in [6.45, 7) is 2.88. The highest BCUT2D eigenvalue weighted by Crippen LogP contribution is 2.03. The van der Waals surface area contributed by atoms with Crippen LogP contribution in [-0.2, 0) is 6.54 Å². The highest BCUT2D eigenvalue weighted by molar-refractivity contribution is 5.49. The van der Waals surface area contributed by atoms with Gasteiger partial charge in [0.2, 0.25) is 0 Å². The number of nitrogens with one attached hydrogen (secondary N) is 1. The Kier molecular flexibility index (Phi) is 4.17. The average molecular weight is 227 g/mol. The molecule has 0 aliphatic heterocycles. The molecule has 0 bridgehead atoms. The van der Waals surface area contributed by atoms with Gasteiger partial charge in [-0.1, -0.05) is 42.5 Å². The maximum Gasteiger partial charge on any atom is 0.117 e. The van der Waals surface area contributed by atoms with E-state index in [1.807, 2.05) is 30.3 Å². The van der Waals surface area contributed by atoms with E-state index in [1.54, 1.807) is 6.26 Å². The zero-order valence-corrected chi connectivity index (χ0v) is 9.97. The van der Waals surface area contributed by atoms with E-state index in [9.17, 15) is 0 Å². The highest BCUT2D eigenvalue weighted by Gasteiger charge is 1.98. The van der Waals surface area contributed by atoms with Crippen LogP contribution in [0.15, 0.2) is 59.2 Å². The predicted octanol–water partition coefficient (Wildman–Crippen LogP) is 3.47. The van der Waals surface area contributed by atoms with Crippen molar-refractivity contribution in [3.8, 4) is 0 Å². The van der Waals surface area contributed by atoms with E-state index in [1.165, 1.54) is 5.56 Å². The molecule has 0 amide bonds. The molecule has 17 heavy (non-hydrogen) atoms. The first-order valence-corrected chi connectivity index (χ1v) is 5.83. The Morgan fingerprint density at radius 3 is 2.71 bits per heavy atom. The molecule has 1 aromatic heterocycles. The van der Waals surface area contributed by atoms with Gasteiger partial charge in [-0.2, -0.15) is 0 Å².